The number of benzene rings is 3. The first-order valence-corrected chi connectivity index (χ1v) is 13.8. The van der Waals surface area contributed by atoms with Crippen LogP contribution in [-0.2, 0) is 0 Å². The Labute approximate surface area is 239 Å². The summed E-state index contributed by atoms with van der Waals surface area (Å²) in [6.07, 6.45) is -3.27. The Kier molecular flexibility index (Phi) is 8.02. The Hall–Kier alpha value is -4.32. The van der Waals surface area contributed by atoms with Gasteiger partial charge in [-0.3, -0.25) is 0 Å². The molecule has 1 fully saturated rings. The number of aromatic nitrogens is 3. The minimum Gasteiger partial charge on any atom is -0.406 e. The van der Waals surface area contributed by atoms with E-state index in [1.807, 2.05) is 37.3 Å². The molecule has 4 aromatic rings. The highest BCUT2D eigenvalue weighted by molar-refractivity contribution is 8.14. The Morgan fingerprint density at radius 2 is 1.73 bits per heavy atom. The average molecular weight is 581 g/mol. The molecule has 8 nitrogen and oxygen atoms in total. The van der Waals surface area contributed by atoms with E-state index in [4.69, 9.17) is 0 Å². The Morgan fingerprint density at radius 1 is 1.05 bits per heavy atom. The van der Waals surface area contributed by atoms with Crippen molar-refractivity contribution in [3.8, 4) is 22.8 Å². The summed E-state index contributed by atoms with van der Waals surface area (Å²) < 4.78 is 42.6. The zero-order valence-corrected chi connectivity index (χ0v) is 23.3. The van der Waals surface area contributed by atoms with Gasteiger partial charge < -0.3 is 15.0 Å². The molecule has 5 rings (SSSR count). The van der Waals surface area contributed by atoms with Crippen LogP contribution in [0.25, 0.3) is 17.1 Å². The first-order chi connectivity index (χ1) is 19.6. The molecule has 3 aromatic carbocycles. The van der Waals surface area contributed by atoms with Crippen molar-refractivity contribution >= 4 is 28.6 Å². The largest absolute Gasteiger partial charge is 0.573 e. The molecule has 2 heterocycles. The number of nitrogens with one attached hydrogen (secondary N) is 1. The Bertz CT molecular complexity index is 1550. The number of amidine groups is 1. The molecule has 1 unspecified atom stereocenters. The van der Waals surface area contributed by atoms with E-state index in [1.54, 1.807) is 11.8 Å². The van der Waals surface area contributed by atoms with Crippen molar-refractivity contribution in [2.75, 3.05) is 17.2 Å². The maximum absolute atomic E-state index is 12.8. The third-order valence-corrected chi connectivity index (χ3v) is 7.48. The lowest BCUT2D eigenvalue weighted by Gasteiger charge is -2.22. The lowest BCUT2D eigenvalue weighted by molar-refractivity contribution is -0.274. The van der Waals surface area contributed by atoms with Gasteiger partial charge in [0.2, 0.25) is 0 Å². The molecule has 0 aliphatic carbocycles. The quantitative estimate of drug-likeness (QED) is 0.269. The van der Waals surface area contributed by atoms with E-state index in [-0.39, 0.29) is 11.8 Å². The van der Waals surface area contributed by atoms with Crippen molar-refractivity contribution in [1.29, 1.82) is 0 Å². The van der Waals surface area contributed by atoms with Gasteiger partial charge in [-0.2, -0.15) is 4.99 Å². The van der Waals surface area contributed by atoms with E-state index in [1.165, 1.54) is 35.3 Å². The molecule has 1 aliphatic rings. The molecule has 0 saturated carbocycles. The number of rotatable bonds is 6. The van der Waals surface area contributed by atoms with Crippen LogP contribution in [-0.4, -0.2) is 44.6 Å². The van der Waals surface area contributed by atoms with Crippen LogP contribution in [0.2, 0.25) is 0 Å². The molecular weight excluding hydrogens is 553 g/mol. The minimum atomic E-state index is -4.75. The van der Waals surface area contributed by atoms with Gasteiger partial charge in [-0.1, -0.05) is 54.2 Å². The number of alkyl halides is 3. The Morgan fingerprint density at radius 3 is 2.39 bits per heavy atom. The number of carbonyl (C=O) groups is 1. The molecule has 1 saturated heterocycles. The second kappa shape index (κ2) is 11.7. The molecule has 12 heteroatoms. The monoisotopic (exact) mass is 580 g/mol. The number of aryl methyl sites for hydroxylation is 2. The van der Waals surface area contributed by atoms with Gasteiger partial charge in [-0.05, 0) is 61.7 Å². The van der Waals surface area contributed by atoms with Gasteiger partial charge in [0.15, 0.2) is 11.0 Å². The van der Waals surface area contributed by atoms with E-state index in [2.05, 4.69) is 56.0 Å². The summed E-state index contributed by atoms with van der Waals surface area (Å²) in [5.74, 6) is 0.990. The van der Waals surface area contributed by atoms with Crippen LogP contribution >= 0.6 is 11.8 Å². The molecule has 1 aliphatic heterocycles. The zero-order valence-electron chi connectivity index (χ0n) is 22.5. The van der Waals surface area contributed by atoms with Gasteiger partial charge in [0.05, 0.1) is 11.7 Å². The minimum absolute atomic E-state index is 0.288. The van der Waals surface area contributed by atoms with Gasteiger partial charge in [0, 0.05) is 23.5 Å². The van der Waals surface area contributed by atoms with Gasteiger partial charge in [-0.15, -0.1) is 18.3 Å². The molecule has 212 valence electrons. The highest BCUT2D eigenvalue weighted by atomic mass is 32.2. The maximum atomic E-state index is 12.8. The fourth-order valence-electron chi connectivity index (χ4n) is 4.56. The number of hydrogen-bond acceptors (Lipinski definition) is 5. The van der Waals surface area contributed by atoms with Gasteiger partial charge in [-0.25, -0.2) is 14.5 Å². The number of nitrogens with zero attached hydrogens (tertiary/aromatic N) is 5. The van der Waals surface area contributed by atoms with Crippen molar-refractivity contribution in [3.63, 3.8) is 0 Å². The van der Waals surface area contributed by atoms with Gasteiger partial charge in [0.25, 0.3) is 0 Å². The second-order valence-electron chi connectivity index (χ2n) is 9.48. The first kappa shape index (κ1) is 28.2. The van der Waals surface area contributed by atoms with Gasteiger partial charge >= 0.3 is 12.4 Å². The third kappa shape index (κ3) is 6.71. The van der Waals surface area contributed by atoms with Crippen LogP contribution in [0.1, 0.15) is 29.7 Å². The Balaban J connectivity index is 1.23. The molecule has 0 spiro atoms. The first-order valence-electron chi connectivity index (χ1n) is 12.8. The molecule has 1 N–H and O–H groups in total. The summed E-state index contributed by atoms with van der Waals surface area (Å²) in [4.78, 5) is 23.6. The average Bonchev–Trinajstić information content (AvgIpc) is 3.59. The van der Waals surface area contributed by atoms with Crippen molar-refractivity contribution < 1.29 is 22.7 Å². The number of urea groups is 1. The number of ether oxygens (including phenoxy) is 1. The zero-order chi connectivity index (χ0) is 29.1. The maximum Gasteiger partial charge on any atom is 0.573 e. The highest BCUT2D eigenvalue weighted by Crippen LogP contribution is 2.31. The van der Waals surface area contributed by atoms with Crippen molar-refractivity contribution in [1.82, 2.24) is 20.1 Å². The summed E-state index contributed by atoms with van der Waals surface area (Å²) in [5.41, 5.74) is 5.53. The number of halogens is 3. The molecule has 2 amide bonds. The van der Waals surface area contributed by atoms with Crippen LogP contribution in [0.15, 0.2) is 78.0 Å². The lowest BCUT2D eigenvalue weighted by Crippen LogP contribution is -2.29. The predicted octanol–water partition coefficient (Wildman–Crippen LogP) is 6.83. The number of thioether (sulfide) groups is 1. The number of carbonyl (C=O) groups excluding carboxylic acids is 1. The molecular formula is C29H27F3N6O2S. The highest BCUT2D eigenvalue weighted by Gasteiger charge is 2.31. The summed E-state index contributed by atoms with van der Waals surface area (Å²) in [6.45, 7) is 6.80. The third-order valence-electron chi connectivity index (χ3n) is 6.52. The summed E-state index contributed by atoms with van der Waals surface area (Å²) in [6, 6.07) is 18.2. The summed E-state index contributed by atoms with van der Waals surface area (Å²) in [5, 5.41) is 8.06. The van der Waals surface area contributed by atoms with Crippen LogP contribution < -0.4 is 15.0 Å². The number of para-hydroxylation sites is 1. The van der Waals surface area contributed by atoms with E-state index >= 15 is 0 Å². The van der Waals surface area contributed by atoms with Crippen LogP contribution in [0.3, 0.4) is 0 Å². The number of aliphatic imine (C=N–C) groups is 1. The molecule has 0 radical (unpaired) electrons. The van der Waals surface area contributed by atoms with Crippen LogP contribution in [0.4, 0.5) is 23.7 Å². The van der Waals surface area contributed by atoms with Gasteiger partial charge in [0.1, 0.15) is 12.1 Å². The molecule has 0 bridgehead atoms. The smallest absolute Gasteiger partial charge is 0.406 e. The summed E-state index contributed by atoms with van der Waals surface area (Å²) in [7, 11) is 0. The SMILES string of the molecule is Cc1cccc(C)c1N1CCS/C1=N\C(=O)NC(C)c1ccc(-c2ncn(-c3ccc(OC(F)(F)F)cc3)n2)cc1. The fraction of sp³-hybridized carbons (Fsp3) is 0.241. The molecule has 1 aromatic heterocycles. The second-order valence-corrected chi connectivity index (χ2v) is 10.5. The van der Waals surface area contributed by atoms with Crippen LogP contribution in [0, 0.1) is 13.8 Å². The molecule has 1 atom stereocenters. The topological polar surface area (TPSA) is 84.6 Å². The van der Waals surface area contributed by atoms with Crippen molar-refractivity contribution in [3.05, 3.63) is 89.7 Å². The van der Waals surface area contributed by atoms with E-state index < -0.39 is 12.4 Å². The van der Waals surface area contributed by atoms with Crippen molar-refractivity contribution in [2.45, 2.75) is 33.2 Å². The van der Waals surface area contributed by atoms with Crippen molar-refractivity contribution in [2.24, 2.45) is 4.99 Å². The number of anilines is 1. The normalized spacial score (nSPS) is 15.3. The predicted molar refractivity (Wildman–Crippen MR) is 154 cm³/mol. The van der Waals surface area contributed by atoms with E-state index in [0.717, 1.165) is 40.2 Å². The number of amides is 2. The summed E-state index contributed by atoms with van der Waals surface area (Å²) >= 11 is 1.56. The molecule has 41 heavy (non-hydrogen) atoms. The van der Waals surface area contributed by atoms with E-state index in [0.29, 0.717) is 16.7 Å². The lowest BCUT2D eigenvalue weighted by atomic mass is 10.1. The van der Waals surface area contributed by atoms with E-state index in [9.17, 15) is 18.0 Å². The number of hydrogen-bond donors (Lipinski definition) is 1. The standard InChI is InChI=1S/C29H27F3N6O2S/c1-18-5-4-6-19(2)25(18)37-15-16-41-28(37)35-27(39)34-20(3)21-7-9-22(10-8-21)26-33-17-38(36-26)23-11-13-24(14-12-23)40-29(30,31)32/h4-14,17,20H,15-16H2,1-3H3,(H,34,39)/b35-28-. The fourth-order valence-corrected chi connectivity index (χ4v) is 5.50. The van der Waals surface area contributed by atoms with Crippen LogP contribution in [0.5, 0.6) is 5.75 Å².